The van der Waals surface area contributed by atoms with E-state index < -0.39 is 14.0 Å². The predicted molar refractivity (Wildman–Crippen MR) is 283 cm³/mol. The van der Waals surface area contributed by atoms with Crippen molar-refractivity contribution in [3.05, 3.63) is 162 Å². The molecule has 10 aromatic rings. The van der Waals surface area contributed by atoms with Crippen LogP contribution in [0, 0.1) is 12.1 Å². The number of fused-ring (bicyclic) bond motifs is 8. The summed E-state index contributed by atoms with van der Waals surface area (Å²) >= 11 is 1.80. The Morgan fingerprint density at radius 3 is 2.05 bits per heavy atom. The Hall–Kier alpha value is -5.30. The minimum atomic E-state index is -1.50. The Bertz CT molecular complexity index is 3410. The molecule has 0 bridgehead atoms. The minimum Gasteiger partial charge on any atom is -0.333 e. The molecule has 0 saturated carbocycles. The largest absolute Gasteiger partial charge is 0.333 e. The van der Waals surface area contributed by atoms with E-state index in [0.29, 0.717) is 11.8 Å². The van der Waals surface area contributed by atoms with Crippen LogP contribution >= 0.6 is 11.3 Å². The van der Waals surface area contributed by atoms with Crippen LogP contribution in [0.25, 0.3) is 81.2 Å². The zero-order valence-electron chi connectivity index (χ0n) is 41.3. The first-order valence-electron chi connectivity index (χ1n) is 23.5. The second-order valence-electron chi connectivity index (χ2n) is 20.4. The Labute approximate surface area is 411 Å². The molecule has 10 rings (SSSR count). The van der Waals surface area contributed by atoms with E-state index in [2.05, 4.69) is 187 Å². The second kappa shape index (κ2) is 18.4. The number of hydrogen-bond acceptors (Lipinski definition) is 4. The molecular formula is C59H60IrN4SSi-2. The first-order valence-corrected chi connectivity index (χ1v) is 27.3. The van der Waals surface area contributed by atoms with Gasteiger partial charge in [0.2, 0.25) is 0 Å². The zero-order valence-corrected chi connectivity index (χ0v) is 44.5. The fourth-order valence-corrected chi connectivity index (χ4v) is 11.8. The molecule has 0 atom stereocenters. The zero-order chi connectivity index (χ0) is 46.9. The molecule has 337 valence electrons. The molecule has 0 spiro atoms. The van der Waals surface area contributed by atoms with Crippen molar-refractivity contribution in [1.82, 2.24) is 19.5 Å². The van der Waals surface area contributed by atoms with Crippen molar-refractivity contribution in [3.8, 4) is 28.3 Å². The van der Waals surface area contributed by atoms with E-state index in [4.69, 9.17) is 11.3 Å². The number of para-hydroxylation sites is 2. The van der Waals surface area contributed by atoms with E-state index in [1.54, 1.807) is 11.3 Å². The van der Waals surface area contributed by atoms with Gasteiger partial charge in [0, 0.05) is 50.3 Å². The Morgan fingerprint density at radius 2 is 1.38 bits per heavy atom. The monoisotopic (exact) mass is 1080 g/mol. The van der Waals surface area contributed by atoms with Crippen LogP contribution in [0.15, 0.2) is 128 Å². The normalized spacial score (nSPS) is 12.6. The molecule has 7 heteroatoms. The van der Waals surface area contributed by atoms with Crippen LogP contribution in [0.3, 0.4) is 0 Å². The van der Waals surface area contributed by atoms with E-state index in [1.807, 2.05) is 44.3 Å². The van der Waals surface area contributed by atoms with E-state index in [1.165, 1.54) is 58.5 Å². The first kappa shape index (κ1) is 45.8. The Morgan fingerprint density at radius 1 is 0.682 bits per heavy atom. The molecule has 0 aliphatic heterocycles. The average Bonchev–Trinajstić information content (AvgIpc) is 3.86. The summed E-state index contributed by atoms with van der Waals surface area (Å²) in [5.41, 5.74) is 12.5. The molecule has 0 aliphatic carbocycles. The molecule has 4 nitrogen and oxygen atoms in total. The van der Waals surface area contributed by atoms with Gasteiger partial charge in [-0.1, -0.05) is 160 Å². The molecule has 0 aliphatic rings. The number of benzene rings is 6. The molecule has 0 N–H and O–H groups in total. The van der Waals surface area contributed by atoms with Crippen molar-refractivity contribution < 1.29 is 21.5 Å². The topological polar surface area (TPSA) is 43.6 Å². The van der Waals surface area contributed by atoms with Gasteiger partial charge in [-0.3, -0.25) is 9.97 Å². The number of aromatic nitrogens is 4. The van der Waals surface area contributed by atoms with Gasteiger partial charge in [-0.05, 0) is 78.3 Å². The molecule has 1 radical (unpaired) electrons. The number of imidazole rings is 1. The van der Waals surface area contributed by atoms with Crippen molar-refractivity contribution in [2.75, 3.05) is 0 Å². The van der Waals surface area contributed by atoms with Crippen LogP contribution in [0.5, 0.6) is 0 Å². The van der Waals surface area contributed by atoms with Crippen molar-refractivity contribution in [1.29, 1.82) is 0 Å². The number of hydrogen-bond donors (Lipinski definition) is 0. The summed E-state index contributed by atoms with van der Waals surface area (Å²) in [7, 11) is -1.50. The van der Waals surface area contributed by atoms with E-state index >= 15 is 0 Å². The van der Waals surface area contributed by atoms with Crippen LogP contribution in [-0.4, -0.2) is 27.6 Å². The molecule has 4 aromatic heterocycles. The molecule has 0 saturated heterocycles. The van der Waals surface area contributed by atoms with Gasteiger partial charge in [-0.15, -0.1) is 59.7 Å². The summed E-state index contributed by atoms with van der Waals surface area (Å²) in [4.78, 5) is 15.0. The fourth-order valence-electron chi connectivity index (χ4n) is 9.08. The fraction of sp³-hybridized carbons (Fsp3) is 0.271. The summed E-state index contributed by atoms with van der Waals surface area (Å²) < 4.78 is 13.3. The third kappa shape index (κ3) is 8.84. The van der Waals surface area contributed by atoms with E-state index in [-0.39, 0.29) is 25.5 Å². The molecule has 66 heavy (non-hydrogen) atoms. The third-order valence-corrected chi connectivity index (χ3v) is 15.9. The molecule has 0 fully saturated rings. The maximum atomic E-state index is 8.44. The molecule has 6 aromatic carbocycles. The minimum absolute atomic E-state index is 0. The summed E-state index contributed by atoms with van der Waals surface area (Å²) in [6.07, 6.45) is 4.03. The maximum absolute atomic E-state index is 8.44. The second-order valence-corrected chi connectivity index (χ2v) is 26.5. The SMILES string of the molecule is CC(C)c1cc(C(C)(C)C)cc(C(C)C)c1-n1c(-c2[c-]cc3sc4c5ccc6ccccc6c5cnc4c3c2)nc2ccccc21.[2H]C(C)(C)c1cc(-c2[c-]cccc2)ncc1[Si](C)(C)C.[Ir]. The molecular weight excluding hydrogens is 1020 g/mol. The van der Waals surface area contributed by atoms with Crippen LogP contribution in [0.2, 0.25) is 19.6 Å². The number of nitrogens with zero attached hydrogens (tertiary/aromatic N) is 4. The molecule has 4 heterocycles. The van der Waals surface area contributed by atoms with Gasteiger partial charge in [0.05, 0.1) is 35.1 Å². The number of rotatable bonds is 7. The first-order chi connectivity index (χ1) is 31.3. The molecule has 0 amide bonds. The quantitative estimate of drug-likeness (QED) is 0.0907. The van der Waals surface area contributed by atoms with Crippen LogP contribution in [0.4, 0.5) is 0 Å². The van der Waals surface area contributed by atoms with E-state index in [0.717, 1.165) is 50.1 Å². The van der Waals surface area contributed by atoms with Gasteiger partial charge in [0.15, 0.2) is 0 Å². The van der Waals surface area contributed by atoms with Gasteiger partial charge in [0.25, 0.3) is 0 Å². The summed E-state index contributed by atoms with van der Waals surface area (Å²) in [6.45, 7) is 27.0. The Kier molecular flexibility index (Phi) is 12.8. The van der Waals surface area contributed by atoms with Crippen molar-refractivity contribution >= 4 is 77.5 Å². The average molecular weight is 1080 g/mol. The standard InChI is InChI=1S/C42H38N3S.C17H22NSi.Ir/c1-24(2)31-21-28(42(5,6)7)22-32(25(3)4)39(31)45-36-15-11-10-14-35(36)44-41(45)27-17-19-37-33(20-27)38-40(46-37)30-18-16-26-12-8-9-13-29(26)34(30)23-43-38;1-13(2)15-11-16(14-9-7-6-8-10-14)18-12-17(15)19(3,4)5;/h8-16,18-25H,1-7H3;6-9,11-13H,1-5H3;/q2*-1;/i;13D;. The van der Waals surface area contributed by atoms with Gasteiger partial charge < -0.3 is 9.55 Å². The van der Waals surface area contributed by atoms with Crippen molar-refractivity contribution in [2.24, 2.45) is 0 Å². The predicted octanol–water partition coefficient (Wildman–Crippen LogP) is 16.3. The Balaban J connectivity index is 0.000000244. The van der Waals surface area contributed by atoms with Gasteiger partial charge >= 0.3 is 0 Å². The van der Waals surface area contributed by atoms with Crippen molar-refractivity contribution in [2.45, 2.75) is 105 Å². The van der Waals surface area contributed by atoms with Crippen LogP contribution < -0.4 is 5.19 Å². The summed E-state index contributed by atoms with van der Waals surface area (Å²) in [6, 6.07) is 47.7. The third-order valence-electron chi connectivity index (χ3n) is 12.7. The molecule has 0 unspecified atom stereocenters. The summed E-state index contributed by atoms with van der Waals surface area (Å²) in [5, 5.41) is 7.36. The van der Waals surface area contributed by atoms with Gasteiger partial charge in [-0.2, -0.15) is 11.3 Å². The number of pyridine rings is 2. The van der Waals surface area contributed by atoms with Crippen LogP contribution in [0.1, 0.15) is 104 Å². The smallest absolute Gasteiger partial charge is 0.0799 e. The van der Waals surface area contributed by atoms with Gasteiger partial charge in [0.1, 0.15) is 0 Å². The number of thiophene rings is 1. The van der Waals surface area contributed by atoms with Gasteiger partial charge in [-0.25, -0.2) is 0 Å². The maximum Gasteiger partial charge on any atom is 0.0799 e. The summed E-state index contributed by atoms with van der Waals surface area (Å²) in [5.74, 6) is 0.984. The van der Waals surface area contributed by atoms with Crippen molar-refractivity contribution in [3.63, 3.8) is 0 Å². The van der Waals surface area contributed by atoms with Crippen LogP contribution in [-0.2, 0) is 25.5 Å². The van der Waals surface area contributed by atoms with E-state index in [9.17, 15) is 0 Å².